The standard InChI is InChI=1S/C13H12N2O2/c14-13(15)11-2-1-10-8-12(17-6-5-16)4-3-9(10)7-11/h1-5,7-8H,6H2,(H3,14,15). The number of carbonyl (C=O) groups is 1. The summed E-state index contributed by atoms with van der Waals surface area (Å²) in [5.74, 6) is 0.702. The zero-order chi connectivity index (χ0) is 12.3. The van der Waals surface area contributed by atoms with Gasteiger partial charge in [0.15, 0.2) is 6.29 Å². The normalized spacial score (nSPS) is 10.1. The van der Waals surface area contributed by atoms with Crippen molar-refractivity contribution >= 4 is 22.9 Å². The van der Waals surface area contributed by atoms with Crippen molar-refractivity contribution in [3.8, 4) is 5.75 Å². The Balaban J connectivity index is 2.39. The maximum absolute atomic E-state index is 10.2. The Morgan fingerprint density at radius 2 is 1.94 bits per heavy atom. The maximum Gasteiger partial charge on any atom is 0.157 e. The third kappa shape index (κ3) is 2.42. The average molecular weight is 228 g/mol. The number of benzene rings is 2. The first-order valence-corrected chi connectivity index (χ1v) is 5.15. The first-order chi connectivity index (χ1) is 8.20. The van der Waals surface area contributed by atoms with Gasteiger partial charge in [-0.05, 0) is 29.0 Å². The zero-order valence-corrected chi connectivity index (χ0v) is 9.14. The van der Waals surface area contributed by atoms with Crippen LogP contribution >= 0.6 is 0 Å². The molecule has 2 aromatic rings. The van der Waals surface area contributed by atoms with Gasteiger partial charge in [0.1, 0.15) is 18.2 Å². The summed E-state index contributed by atoms with van der Waals surface area (Å²) in [5, 5.41) is 9.33. The number of nitrogens with one attached hydrogen (secondary N) is 1. The van der Waals surface area contributed by atoms with E-state index in [1.807, 2.05) is 24.3 Å². The molecule has 3 N–H and O–H groups in total. The van der Waals surface area contributed by atoms with Gasteiger partial charge in [-0.1, -0.05) is 18.2 Å². The highest BCUT2D eigenvalue weighted by Crippen LogP contribution is 2.21. The second-order valence-corrected chi connectivity index (χ2v) is 3.62. The number of hydrogen-bond donors (Lipinski definition) is 2. The van der Waals surface area contributed by atoms with Gasteiger partial charge in [0.25, 0.3) is 0 Å². The average Bonchev–Trinajstić information content (AvgIpc) is 2.35. The fraction of sp³-hybridized carbons (Fsp3) is 0.0769. The van der Waals surface area contributed by atoms with E-state index >= 15 is 0 Å². The Hall–Kier alpha value is -2.36. The molecule has 0 bridgehead atoms. The third-order valence-electron chi connectivity index (χ3n) is 2.44. The van der Waals surface area contributed by atoms with Crippen molar-refractivity contribution in [2.75, 3.05) is 6.61 Å². The van der Waals surface area contributed by atoms with Gasteiger partial charge < -0.3 is 10.5 Å². The monoisotopic (exact) mass is 228 g/mol. The van der Waals surface area contributed by atoms with Crippen LogP contribution in [0.15, 0.2) is 36.4 Å². The van der Waals surface area contributed by atoms with Crippen LogP contribution < -0.4 is 10.5 Å². The van der Waals surface area contributed by atoms with Crippen molar-refractivity contribution in [1.82, 2.24) is 0 Å². The molecule has 0 saturated carbocycles. The summed E-state index contributed by atoms with van der Waals surface area (Å²) in [7, 11) is 0. The Kier molecular flexibility index (Phi) is 3.05. The summed E-state index contributed by atoms with van der Waals surface area (Å²) in [6.45, 7) is 0.0526. The predicted octanol–water partition coefficient (Wildman–Crippen LogP) is 1.70. The quantitative estimate of drug-likeness (QED) is 0.475. The third-order valence-corrected chi connectivity index (χ3v) is 2.44. The van der Waals surface area contributed by atoms with Crippen molar-refractivity contribution < 1.29 is 9.53 Å². The molecule has 4 heteroatoms. The molecular formula is C13H12N2O2. The van der Waals surface area contributed by atoms with E-state index in [0.717, 1.165) is 10.8 Å². The number of nitrogens with two attached hydrogens (primary N) is 1. The summed E-state index contributed by atoms with van der Waals surface area (Å²) in [6.07, 6.45) is 0.711. The van der Waals surface area contributed by atoms with E-state index < -0.39 is 0 Å². The van der Waals surface area contributed by atoms with Gasteiger partial charge in [0.2, 0.25) is 0 Å². The van der Waals surface area contributed by atoms with E-state index in [9.17, 15) is 4.79 Å². The van der Waals surface area contributed by atoms with E-state index in [2.05, 4.69) is 0 Å². The Labute approximate surface area is 98.5 Å². The highest BCUT2D eigenvalue weighted by atomic mass is 16.5. The van der Waals surface area contributed by atoms with E-state index in [4.69, 9.17) is 15.9 Å². The van der Waals surface area contributed by atoms with Crippen molar-refractivity contribution in [3.63, 3.8) is 0 Å². The van der Waals surface area contributed by atoms with Crippen LogP contribution in [-0.2, 0) is 4.79 Å². The predicted molar refractivity (Wildman–Crippen MR) is 66.5 cm³/mol. The number of aldehydes is 1. The molecule has 0 aliphatic carbocycles. The fourth-order valence-electron chi connectivity index (χ4n) is 1.61. The molecule has 2 aromatic carbocycles. The number of fused-ring (bicyclic) bond motifs is 1. The van der Waals surface area contributed by atoms with Crippen LogP contribution in [0.2, 0.25) is 0 Å². The number of rotatable bonds is 4. The summed E-state index contributed by atoms with van der Waals surface area (Å²) in [6, 6.07) is 11.0. The van der Waals surface area contributed by atoms with Crippen molar-refractivity contribution in [2.45, 2.75) is 0 Å². The van der Waals surface area contributed by atoms with E-state index in [1.54, 1.807) is 12.1 Å². The number of ether oxygens (including phenoxy) is 1. The molecule has 0 aliphatic heterocycles. The second-order valence-electron chi connectivity index (χ2n) is 3.62. The minimum atomic E-state index is 0.0492. The van der Waals surface area contributed by atoms with Crippen LogP contribution in [0, 0.1) is 5.41 Å². The molecule has 2 rings (SSSR count). The lowest BCUT2D eigenvalue weighted by molar-refractivity contribution is -0.109. The molecule has 0 aliphatic rings. The molecule has 0 unspecified atom stereocenters. The molecule has 0 aromatic heterocycles. The lowest BCUT2D eigenvalue weighted by Crippen LogP contribution is -2.10. The largest absolute Gasteiger partial charge is 0.486 e. The molecule has 86 valence electrons. The van der Waals surface area contributed by atoms with Gasteiger partial charge in [0.05, 0.1) is 0 Å². The molecule has 4 nitrogen and oxygen atoms in total. The second kappa shape index (κ2) is 4.65. The van der Waals surface area contributed by atoms with Crippen LogP contribution in [0.1, 0.15) is 5.56 Å². The van der Waals surface area contributed by atoms with Gasteiger partial charge in [-0.25, -0.2) is 0 Å². The topological polar surface area (TPSA) is 76.2 Å². The van der Waals surface area contributed by atoms with Crippen LogP contribution in [0.25, 0.3) is 10.8 Å². The maximum atomic E-state index is 10.2. The first-order valence-electron chi connectivity index (χ1n) is 5.15. The molecule has 0 amide bonds. The molecule has 0 fully saturated rings. The Morgan fingerprint density at radius 3 is 2.65 bits per heavy atom. The van der Waals surface area contributed by atoms with Crippen LogP contribution in [0.4, 0.5) is 0 Å². The SMILES string of the molecule is N=C(N)c1ccc2cc(OCC=O)ccc2c1. The summed E-state index contributed by atoms with van der Waals surface area (Å²) < 4.78 is 5.21. The lowest BCUT2D eigenvalue weighted by atomic mass is 10.1. The van der Waals surface area contributed by atoms with Gasteiger partial charge in [-0.2, -0.15) is 0 Å². The molecule has 0 atom stereocenters. The van der Waals surface area contributed by atoms with Crippen LogP contribution in [-0.4, -0.2) is 18.7 Å². The molecule has 0 saturated heterocycles. The lowest BCUT2D eigenvalue weighted by Gasteiger charge is -2.05. The van der Waals surface area contributed by atoms with Gasteiger partial charge in [-0.15, -0.1) is 0 Å². The highest BCUT2D eigenvalue weighted by molar-refractivity contribution is 5.99. The summed E-state index contributed by atoms with van der Waals surface area (Å²) in [4.78, 5) is 10.2. The number of carbonyl (C=O) groups excluding carboxylic acids is 1. The molecule has 0 heterocycles. The van der Waals surface area contributed by atoms with Crippen molar-refractivity contribution in [3.05, 3.63) is 42.0 Å². The molecule has 0 spiro atoms. The Morgan fingerprint density at radius 1 is 1.24 bits per heavy atom. The number of amidine groups is 1. The number of hydrogen-bond acceptors (Lipinski definition) is 3. The molecule has 0 radical (unpaired) electrons. The minimum Gasteiger partial charge on any atom is -0.486 e. The van der Waals surface area contributed by atoms with E-state index in [0.29, 0.717) is 17.6 Å². The first kappa shape index (κ1) is 11.1. The molecule has 17 heavy (non-hydrogen) atoms. The smallest absolute Gasteiger partial charge is 0.157 e. The Bertz CT molecular complexity index is 579. The van der Waals surface area contributed by atoms with Crippen molar-refractivity contribution in [2.24, 2.45) is 5.73 Å². The summed E-state index contributed by atoms with van der Waals surface area (Å²) in [5.41, 5.74) is 6.11. The molecular weight excluding hydrogens is 216 g/mol. The van der Waals surface area contributed by atoms with Crippen LogP contribution in [0.5, 0.6) is 5.75 Å². The van der Waals surface area contributed by atoms with Gasteiger partial charge in [-0.3, -0.25) is 10.2 Å². The van der Waals surface area contributed by atoms with E-state index in [-0.39, 0.29) is 12.4 Å². The van der Waals surface area contributed by atoms with E-state index in [1.165, 1.54) is 0 Å². The number of nitrogen functional groups attached to an aromatic ring is 1. The highest BCUT2D eigenvalue weighted by Gasteiger charge is 2.01. The fourth-order valence-corrected chi connectivity index (χ4v) is 1.61. The summed E-state index contributed by atoms with van der Waals surface area (Å²) >= 11 is 0. The minimum absolute atomic E-state index is 0.0492. The van der Waals surface area contributed by atoms with Crippen molar-refractivity contribution in [1.29, 1.82) is 5.41 Å². The van der Waals surface area contributed by atoms with Gasteiger partial charge in [0, 0.05) is 5.56 Å². The zero-order valence-electron chi connectivity index (χ0n) is 9.14. The van der Waals surface area contributed by atoms with Gasteiger partial charge >= 0.3 is 0 Å². The van der Waals surface area contributed by atoms with Crippen LogP contribution in [0.3, 0.4) is 0 Å².